The Kier molecular flexibility index (Phi) is 6.70. The molecule has 0 unspecified atom stereocenters. The Morgan fingerprint density at radius 1 is 0.727 bits per heavy atom. The molecule has 0 bridgehead atoms. The fourth-order valence-electron chi connectivity index (χ4n) is 2.60. The maximum Gasteiger partial charge on any atom is -0.0178 e. The van der Waals surface area contributed by atoms with E-state index in [1.165, 1.54) is 53.6 Å². The first-order chi connectivity index (χ1) is 10.8. The third-order valence-electron chi connectivity index (χ3n) is 3.88. The molecule has 0 aliphatic rings. The first-order valence-electron chi connectivity index (χ1n) is 8.33. The van der Waals surface area contributed by atoms with Gasteiger partial charge in [0, 0.05) is 0 Å². The van der Waals surface area contributed by atoms with Crippen molar-refractivity contribution in [3.63, 3.8) is 0 Å². The first kappa shape index (κ1) is 16.3. The second kappa shape index (κ2) is 9.04. The van der Waals surface area contributed by atoms with E-state index < -0.39 is 0 Å². The van der Waals surface area contributed by atoms with Crippen LogP contribution in [-0.2, 0) is 0 Å². The lowest BCUT2D eigenvalue weighted by Crippen LogP contribution is -1.74. The Morgan fingerprint density at radius 2 is 1.18 bits per heavy atom. The molecule has 0 fully saturated rings. The van der Waals surface area contributed by atoms with Crippen molar-refractivity contribution in [3.8, 4) is 0 Å². The van der Waals surface area contributed by atoms with Crippen LogP contribution in [-0.4, -0.2) is 0 Å². The van der Waals surface area contributed by atoms with E-state index in [1.54, 1.807) is 0 Å². The van der Waals surface area contributed by atoms with Crippen molar-refractivity contribution in [1.29, 1.82) is 0 Å². The molecule has 0 amide bonds. The smallest absolute Gasteiger partial charge is 0.0178 e. The molecule has 0 heteroatoms. The van der Waals surface area contributed by atoms with E-state index in [2.05, 4.69) is 74.2 Å². The third-order valence-corrected chi connectivity index (χ3v) is 3.88. The molecule has 0 aliphatic carbocycles. The van der Waals surface area contributed by atoms with Crippen molar-refractivity contribution in [2.24, 2.45) is 0 Å². The van der Waals surface area contributed by atoms with Gasteiger partial charge in [0.2, 0.25) is 0 Å². The number of allylic oxidation sites excluding steroid dienone is 1. The number of benzene rings is 3. The molecule has 22 heavy (non-hydrogen) atoms. The highest BCUT2D eigenvalue weighted by Gasteiger charge is 1.95. The van der Waals surface area contributed by atoms with Crippen molar-refractivity contribution in [3.05, 3.63) is 73.3 Å². The molecule has 0 saturated carbocycles. The lowest BCUT2D eigenvalue weighted by atomic mass is 10.0. The fourth-order valence-corrected chi connectivity index (χ4v) is 2.60. The van der Waals surface area contributed by atoms with E-state index in [0.717, 1.165) is 0 Å². The van der Waals surface area contributed by atoms with Crippen LogP contribution < -0.4 is 0 Å². The largest absolute Gasteiger partial charge is 0.103 e. The summed E-state index contributed by atoms with van der Waals surface area (Å²) in [6.45, 7) is 5.89. The molecular weight excluding hydrogens is 264 g/mol. The van der Waals surface area contributed by atoms with Gasteiger partial charge < -0.3 is 0 Å². The molecule has 0 heterocycles. The van der Waals surface area contributed by atoms with Gasteiger partial charge in [0.25, 0.3) is 0 Å². The molecule has 0 atom stereocenters. The van der Waals surface area contributed by atoms with Crippen molar-refractivity contribution < 1.29 is 0 Å². The topological polar surface area (TPSA) is 0 Å². The Balaban J connectivity index is 0.000000192. The molecule has 114 valence electrons. The van der Waals surface area contributed by atoms with Gasteiger partial charge in [0.05, 0.1) is 0 Å². The van der Waals surface area contributed by atoms with Gasteiger partial charge in [-0.05, 0) is 46.5 Å². The van der Waals surface area contributed by atoms with Crippen LogP contribution in [0.15, 0.2) is 73.3 Å². The van der Waals surface area contributed by atoms with Gasteiger partial charge in [0.15, 0.2) is 0 Å². The van der Waals surface area contributed by atoms with Crippen LogP contribution in [0.2, 0.25) is 0 Å². The highest BCUT2D eigenvalue weighted by atomic mass is 14.0. The van der Waals surface area contributed by atoms with Crippen LogP contribution in [0.25, 0.3) is 21.5 Å². The summed E-state index contributed by atoms with van der Waals surface area (Å²) in [6, 6.07) is 21.4. The molecule has 0 aliphatic heterocycles. The minimum absolute atomic E-state index is 1.19. The normalized spacial score (nSPS) is 10.2. The number of unbranched alkanes of at least 4 members (excludes halogenated alkanes) is 4. The zero-order valence-corrected chi connectivity index (χ0v) is 13.6. The average molecular weight is 290 g/mol. The maximum absolute atomic E-state index is 3.66. The minimum atomic E-state index is 1.19. The van der Waals surface area contributed by atoms with E-state index in [0.29, 0.717) is 0 Å². The second-order valence-electron chi connectivity index (χ2n) is 5.68. The van der Waals surface area contributed by atoms with Gasteiger partial charge in [-0.3, -0.25) is 0 Å². The van der Waals surface area contributed by atoms with E-state index in [9.17, 15) is 0 Å². The van der Waals surface area contributed by atoms with Gasteiger partial charge >= 0.3 is 0 Å². The SMILES string of the molecule is C=CCCCCCC.c1ccc2cc3ccccc3cc2c1. The quantitative estimate of drug-likeness (QED) is 0.266. The Hall–Kier alpha value is -2.08. The maximum atomic E-state index is 3.66. The molecule has 0 nitrogen and oxygen atoms in total. The first-order valence-corrected chi connectivity index (χ1v) is 8.33. The predicted molar refractivity (Wildman–Crippen MR) is 100 cm³/mol. The monoisotopic (exact) mass is 290 g/mol. The molecule has 0 saturated heterocycles. The molecular formula is C22H26. The van der Waals surface area contributed by atoms with Gasteiger partial charge in [-0.25, -0.2) is 0 Å². The third kappa shape index (κ3) is 4.73. The van der Waals surface area contributed by atoms with E-state index >= 15 is 0 Å². The highest BCUT2D eigenvalue weighted by molar-refractivity contribution is 5.98. The van der Waals surface area contributed by atoms with Crippen molar-refractivity contribution in [2.45, 2.75) is 39.0 Å². The Bertz CT molecular complexity index is 604. The zero-order valence-electron chi connectivity index (χ0n) is 13.6. The zero-order chi connectivity index (χ0) is 15.6. The van der Waals surface area contributed by atoms with E-state index in [4.69, 9.17) is 0 Å². The number of rotatable bonds is 5. The van der Waals surface area contributed by atoms with Crippen LogP contribution in [0.4, 0.5) is 0 Å². The highest BCUT2D eigenvalue weighted by Crippen LogP contribution is 2.21. The second-order valence-corrected chi connectivity index (χ2v) is 5.68. The number of hydrogen-bond donors (Lipinski definition) is 0. The molecule has 3 aromatic carbocycles. The molecule has 0 spiro atoms. The standard InChI is InChI=1S/C14H10.C8H16/c1-2-6-12-10-14-8-4-3-7-13(14)9-11(12)5-1;1-3-5-7-8-6-4-2/h1-10H;3H,1,4-8H2,2H3. The van der Waals surface area contributed by atoms with E-state index in [-0.39, 0.29) is 0 Å². The molecule has 0 N–H and O–H groups in total. The summed E-state index contributed by atoms with van der Waals surface area (Å²) in [6.07, 6.45) is 8.61. The fraction of sp³-hybridized carbons (Fsp3) is 0.273. The van der Waals surface area contributed by atoms with Gasteiger partial charge in [-0.1, -0.05) is 80.8 Å². The minimum Gasteiger partial charge on any atom is -0.103 e. The summed E-state index contributed by atoms with van der Waals surface area (Å²) >= 11 is 0. The van der Waals surface area contributed by atoms with Gasteiger partial charge in [-0.2, -0.15) is 0 Å². The van der Waals surface area contributed by atoms with Crippen molar-refractivity contribution in [2.75, 3.05) is 0 Å². The van der Waals surface area contributed by atoms with Crippen LogP contribution in [0.1, 0.15) is 39.0 Å². The summed E-state index contributed by atoms with van der Waals surface area (Å²) in [5.41, 5.74) is 0. The Morgan fingerprint density at radius 3 is 1.55 bits per heavy atom. The summed E-state index contributed by atoms with van der Waals surface area (Å²) in [4.78, 5) is 0. The van der Waals surface area contributed by atoms with Crippen molar-refractivity contribution in [1.82, 2.24) is 0 Å². The summed E-state index contributed by atoms with van der Waals surface area (Å²) in [5.74, 6) is 0. The average Bonchev–Trinajstić information content (AvgIpc) is 2.57. The predicted octanol–water partition coefficient (Wildman–Crippen LogP) is 7.14. The van der Waals surface area contributed by atoms with Crippen LogP contribution in [0.3, 0.4) is 0 Å². The molecule has 0 aromatic heterocycles. The Labute approximate surface area is 134 Å². The van der Waals surface area contributed by atoms with Gasteiger partial charge in [-0.15, -0.1) is 6.58 Å². The van der Waals surface area contributed by atoms with Crippen LogP contribution in [0.5, 0.6) is 0 Å². The summed E-state index contributed by atoms with van der Waals surface area (Å²) in [7, 11) is 0. The van der Waals surface area contributed by atoms with Crippen LogP contribution >= 0.6 is 0 Å². The van der Waals surface area contributed by atoms with Crippen LogP contribution in [0, 0.1) is 0 Å². The lowest BCUT2D eigenvalue weighted by Gasteiger charge is -2.00. The number of fused-ring (bicyclic) bond motifs is 2. The van der Waals surface area contributed by atoms with E-state index in [1.807, 2.05) is 6.08 Å². The molecule has 0 radical (unpaired) electrons. The summed E-state index contributed by atoms with van der Waals surface area (Å²) < 4.78 is 0. The summed E-state index contributed by atoms with van der Waals surface area (Å²) in [5, 5.41) is 5.25. The molecule has 3 rings (SSSR count). The number of hydrogen-bond acceptors (Lipinski definition) is 0. The lowest BCUT2D eigenvalue weighted by molar-refractivity contribution is 0.675. The van der Waals surface area contributed by atoms with Gasteiger partial charge in [0.1, 0.15) is 0 Å². The molecule has 3 aromatic rings. The van der Waals surface area contributed by atoms with Crippen molar-refractivity contribution >= 4 is 21.5 Å².